The summed E-state index contributed by atoms with van der Waals surface area (Å²) >= 11 is 0. The van der Waals surface area contributed by atoms with Crippen molar-refractivity contribution >= 4 is 5.91 Å². The SMILES string of the molecule is CC(C)NC(=O)C(C)N[C@H](C)c1ccco1. The van der Waals surface area contributed by atoms with Gasteiger partial charge in [-0.15, -0.1) is 0 Å². The van der Waals surface area contributed by atoms with Crippen molar-refractivity contribution < 1.29 is 9.21 Å². The third-order valence-electron chi connectivity index (χ3n) is 2.29. The first-order valence-corrected chi connectivity index (χ1v) is 5.60. The molecule has 16 heavy (non-hydrogen) atoms. The molecule has 0 saturated heterocycles. The Hall–Kier alpha value is -1.29. The van der Waals surface area contributed by atoms with E-state index >= 15 is 0 Å². The average molecular weight is 224 g/mol. The van der Waals surface area contributed by atoms with Crippen molar-refractivity contribution in [2.24, 2.45) is 0 Å². The van der Waals surface area contributed by atoms with Crippen LogP contribution in [0.15, 0.2) is 22.8 Å². The Bertz CT molecular complexity index is 320. The van der Waals surface area contributed by atoms with Gasteiger partial charge in [-0.05, 0) is 39.8 Å². The normalized spacial score (nSPS) is 14.8. The molecule has 0 fully saturated rings. The van der Waals surface area contributed by atoms with Gasteiger partial charge in [0.05, 0.1) is 18.3 Å². The fraction of sp³-hybridized carbons (Fsp3) is 0.583. The van der Waals surface area contributed by atoms with Crippen molar-refractivity contribution in [2.45, 2.75) is 45.8 Å². The van der Waals surface area contributed by atoms with Crippen LogP contribution < -0.4 is 10.6 Å². The van der Waals surface area contributed by atoms with Crippen LogP contribution in [0.2, 0.25) is 0 Å². The van der Waals surface area contributed by atoms with Crippen LogP contribution in [0.4, 0.5) is 0 Å². The van der Waals surface area contributed by atoms with Crippen LogP contribution in [0.25, 0.3) is 0 Å². The van der Waals surface area contributed by atoms with Crippen molar-refractivity contribution in [3.8, 4) is 0 Å². The lowest BCUT2D eigenvalue weighted by Crippen LogP contribution is -2.45. The van der Waals surface area contributed by atoms with E-state index in [1.54, 1.807) is 6.26 Å². The lowest BCUT2D eigenvalue weighted by Gasteiger charge is -2.19. The Balaban J connectivity index is 2.45. The maximum Gasteiger partial charge on any atom is 0.237 e. The van der Waals surface area contributed by atoms with Crippen molar-refractivity contribution in [1.82, 2.24) is 10.6 Å². The molecule has 2 atom stereocenters. The minimum absolute atomic E-state index is 0.00778. The van der Waals surface area contributed by atoms with E-state index in [4.69, 9.17) is 4.42 Å². The first-order chi connectivity index (χ1) is 7.50. The number of furan rings is 1. The number of hydrogen-bond donors (Lipinski definition) is 2. The Morgan fingerprint density at radius 3 is 2.50 bits per heavy atom. The summed E-state index contributed by atoms with van der Waals surface area (Å²) in [5.74, 6) is 0.845. The molecule has 0 aromatic carbocycles. The molecule has 0 spiro atoms. The second kappa shape index (κ2) is 5.70. The highest BCUT2D eigenvalue weighted by molar-refractivity contribution is 5.81. The predicted molar refractivity (Wildman–Crippen MR) is 63.0 cm³/mol. The third kappa shape index (κ3) is 3.70. The Kier molecular flexibility index (Phi) is 4.55. The second-order valence-electron chi connectivity index (χ2n) is 4.29. The number of nitrogens with one attached hydrogen (secondary N) is 2. The molecule has 1 heterocycles. The van der Waals surface area contributed by atoms with Crippen LogP contribution in [0, 0.1) is 0 Å². The number of hydrogen-bond acceptors (Lipinski definition) is 3. The van der Waals surface area contributed by atoms with Gasteiger partial charge in [0, 0.05) is 6.04 Å². The molecule has 0 aliphatic heterocycles. The van der Waals surface area contributed by atoms with Crippen molar-refractivity contribution in [2.75, 3.05) is 0 Å². The number of rotatable bonds is 5. The van der Waals surface area contributed by atoms with Gasteiger partial charge in [-0.3, -0.25) is 10.1 Å². The van der Waals surface area contributed by atoms with E-state index in [-0.39, 0.29) is 24.0 Å². The van der Waals surface area contributed by atoms with Crippen LogP contribution in [0.1, 0.15) is 39.5 Å². The maximum absolute atomic E-state index is 11.7. The average Bonchev–Trinajstić information content (AvgIpc) is 2.68. The summed E-state index contributed by atoms with van der Waals surface area (Å²) in [6.07, 6.45) is 1.63. The van der Waals surface area contributed by atoms with Gasteiger partial charge < -0.3 is 9.73 Å². The molecule has 0 bridgehead atoms. The Morgan fingerprint density at radius 2 is 2.00 bits per heavy atom. The van der Waals surface area contributed by atoms with Crippen LogP contribution in [0.5, 0.6) is 0 Å². The fourth-order valence-corrected chi connectivity index (χ4v) is 1.48. The number of carbonyl (C=O) groups is 1. The standard InChI is InChI=1S/C12H20N2O2/c1-8(2)13-12(15)10(4)14-9(3)11-6-5-7-16-11/h5-10,14H,1-4H3,(H,13,15)/t9-,10?/m1/s1. The number of amides is 1. The molecular formula is C12H20N2O2. The third-order valence-corrected chi connectivity index (χ3v) is 2.29. The van der Waals surface area contributed by atoms with E-state index in [0.717, 1.165) is 5.76 Å². The fourth-order valence-electron chi connectivity index (χ4n) is 1.48. The van der Waals surface area contributed by atoms with Crippen molar-refractivity contribution in [3.05, 3.63) is 24.2 Å². The summed E-state index contributed by atoms with van der Waals surface area (Å²) in [6, 6.07) is 3.69. The first-order valence-electron chi connectivity index (χ1n) is 5.60. The zero-order valence-electron chi connectivity index (χ0n) is 10.3. The van der Waals surface area contributed by atoms with Gasteiger partial charge in [-0.25, -0.2) is 0 Å². The molecule has 0 aliphatic carbocycles. The molecule has 2 N–H and O–H groups in total. The van der Waals surface area contributed by atoms with E-state index in [2.05, 4.69) is 10.6 Å². The zero-order valence-corrected chi connectivity index (χ0v) is 10.3. The lowest BCUT2D eigenvalue weighted by molar-refractivity contribution is -0.123. The van der Waals surface area contributed by atoms with Gasteiger partial charge >= 0.3 is 0 Å². The molecule has 1 unspecified atom stereocenters. The molecule has 4 heteroatoms. The van der Waals surface area contributed by atoms with Gasteiger partial charge in [-0.1, -0.05) is 0 Å². The van der Waals surface area contributed by atoms with Gasteiger partial charge in [0.15, 0.2) is 0 Å². The summed E-state index contributed by atoms with van der Waals surface area (Å²) in [4.78, 5) is 11.7. The first kappa shape index (κ1) is 12.8. The number of carbonyl (C=O) groups excluding carboxylic acids is 1. The summed E-state index contributed by atoms with van der Waals surface area (Å²) in [7, 11) is 0. The quantitative estimate of drug-likeness (QED) is 0.802. The van der Waals surface area contributed by atoms with Crippen LogP contribution in [0.3, 0.4) is 0 Å². The summed E-state index contributed by atoms with van der Waals surface area (Å²) in [5, 5.41) is 6.04. The summed E-state index contributed by atoms with van der Waals surface area (Å²) < 4.78 is 5.26. The highest BCUT2D eigenvalue weighted by atomic mass is 16.3. The molecule has 0 aliphatic rings. The van der Waals surface area contributed by atoms with E-state index in [1.165, 1.54) is 0 Å². The van der Waals surface area contributed by atoms with E-state index in [9.17, 15) is 4.79 Å². The van der Waals surface area contributed by atoms with Gasteiger partial charge in [-0.2, -0.15) is 0 Å². The van der Waals surface area contributed by atoms with Crippen molar-refractivity contribution in [1.29, 1.82) is 0 Å². The van der Waals surface area contributed by atoms with E-state index in [0.29, 0.717) is 0 Å². The Morgan fingerprint density at radius 1 is 1.31 bits per heavy atom. The summed E-state index contributed by atoms with van der Waals surface area (Å²) in [6.45, 7) is 7.70. The van der Waals surface area contributed by atoms with Crippen LogP contribution in [-0.2, 0) is 4.79 Å². The molecule has 1 amide bonds. The topological polar surface area (TPSA) is 54.3 Å². The molecule has 1 aromatic rings. The van der Waals surface area contributed by atoms with Crippen LogP contribution >= 0.6 is 0 Å². The maximum atomic E-state index is 11.7. The van der Waals surface area contributed by atoms with Gasteiger partial charge in [0.1, 0.15) is 5.76 Å². The molecular weight excluding hydrogens is 204 g/mol. The molecule has 1 aromatic heterocycles. The molecule has 0 saturated carbocycles. The monoisotopic (exact) mass is 224 g/mol. The van der Waals surface area contributed by atoms with Crippen LogP contribution in [-0.4, -0.2) is 18.0 Å². The highest BCUT2D eigenvalue weighted by Crippen LogP contribution is 2.12. The van der Waals surface area contributed by atoms with Gasteiger partial charge in [0.25, 0.3) is 0 Å². The molecule has 4 nitrogen and oxygen atoms in total. The van der Waals surface area contributed by atoms with Gasteiger partial charge in [0.2, 0.25) is 5.91 Å². The van der Waals surface area contributed by atoms with Crippen molar-refractivity contribution in [3.63, 3.8) is 0 Å². The minimum Gasteiger partial charge on any atom is -0.468 e. The highest BCUT2D eigenvalue weighted by Gasteiger charge is 2.17. The second-order valence-corrected chi connectivity index (χ2v) is 4.29. The smallest absolute Gasteiger partial charge is 0.237 e. The minimum atomic E-state index is -0.234. The molecule has 90 valence electrons. The molecule has 0 radical (unpaired) electrons. The Labute approximate surface area is 96.4 Å². The summed E-state index contributed by atoms with van der Waals surface area (Å²) in [5.41, 5.74) is 0. The molecule has 1 rings (SSSR count). The zero-order chi connectivity index (χ0) is 12.1. The predicted octanol–water partition coefficient (Wildman–Crippen LogP) is 1.84. The van der Waals surface area contributed by atoms with E-state index < -0.39 is 0 Å². The lowest BCUT2D eigenvalue weighted by atomic mass is 10.2. The van der Waals surface area contributed by atoms with E-state index in [1.807, 2.05) is 39.8 Å². The largest absolute Gasteiger partial charge is 0.468 e.